The summed E-state index contributed by atoms with van der Waals surface area (Å²) in [5, 5.41) is 7.25. The van der Waals surface area contributed by atoms with Gasteiger partial charge in [0.2, 0.25) is 5.82 Å². The number of nitrogens with zero attached hydrogens (tertiary/aromatic N) is 4. The Kier molecular flexibility index (Phi) is 5.44. The molecule has 0 atom stereocenters. The molecule has 27 heavy (non-hydrogen) atoms. The van der Waals surface area contributed by atoms with Crippen molar-refractivity contribution in [3.63, 3.8) is 0 Å². The third-order valence-corrected chi connectivity index (χ3v) is 4.12. The fourth-order valence-electron chi connectivity index (χ4n) is 2.58. The molecule has 1 aromatic carbocycles. The lowest BCUT2D eigenvalue weighted by atomic mass is 10.1. The van der Waals surface area contributed by atoms with Crippen LogP contribution < -0.4 is 10.1 Å². The molecule has 0 saturated heterocycles. The molecule has 0 bridgehead atoms. The van der Waals surface area contributed by atoms with Gasteiger partial charge in [0.25, 0.3) is 11.8 Å². The molecule has 2 aromatic heterocycles. The summed E-state index contributed by atoms with van der Waals surface area (Å²) < 4.78 is 20.1. The molecule has 2 heterocycles. The monoisotopic (exact) mass is 369 g/mol. The number of hydrogen-bond donors (Lipinski definition) is 1. The number of amides is 1. The summed E-state index contributed by atoms with van der Waals surface area (Å²) >= 11 is 0. The van der Waals surface area contributed by atoms with E-state index < -0.39 is 5.82 Å². The Morgan fingerprint density at radius 2 is 2.04 bits per heavy atom. The van der Waals surface area contributed by atoms with Gasteiger partial charge in [-0.2, -0.15) is 14.5 Å². The number of aromatic nitrogens is 4. The first-order chi connectivity index (χ1) is 13.0. The zero-order valence-corrected chi connectivity index (χ0v) is 15.4. The van der Waals surface area contributed by atoms with E-state index in [0.29, 0.717) is 23.5 Å². The van der Waals surface area contributed by atoms with Gasteiger partial charge in [0.05, 0.1) is 19.0 Å². The van der Waals surface area contributed by atoms with Gasteiger partial charge in [-0.25, -0.2) is 4.98 Å². The highest BCUT2D eigenvalue weighted by Gasteiger charge is 2.11. The van der Waals surface area contributed by atoms with E-state index in [-0.39, 0.29) is 11.8 Å². The number of nitrogens with one attached hydrogen (secondary N) is 1. The Balaban J connectivity index is 1.69. The summed E-state index contributed by atoms with van der Waals surface area (Å²) in [6.07, 6.45) is 2.98. The minimum absolute atomic E-state index is 0.121. The molecule has 0 radical (unpaired) electrons. The van der Waals surface area contributed by atoms with Crippen LogP contribution in [0.3, 0.4) is 0 Å². The molecular formula is C19H20FN5O2. The van der Waals surface area contributed by atoms with Gasteiger partial charge in [-0.05, 0) is 26.0 Å². The van der Waals surface area contributed by atoms with Crippen molar-refractivity contribution < 1.29 is 13.9 Å². The van der Waals surface area contributed by atoms with Crippen molar-refractivity contribution in [1.29, 1.82) is 0 Å². The molecule has 0 aliphatic heterocycles. The van der Waals surface area contributed by atoms with Gasteiger partial charge in [0, 0.05) is 36.0 Å². The molecule has 0 saturated carbocycles. The molecule has 0 unspecified atom stereocenters. The Morgan fingerprint density at radius 3 is 2.67 bits per heavy atom. The van der Waals surface area contributed by atoms with Crippen LogP contribution >= 0.6 is 0 Å². The van der Waals surface area contributed by atoms with Crippen LogP contribution in [0.4, 0.5) is 4.39 Å². The van der Waals surface area contributed by atoms with Gasteiger partial charge in [-0.15, -0.1) is 0 Å². The maximum Gasteiger partial charge on any atom is 0.253 e. The number of benzene rings is 1. The van der Waals surface area contributed by atoms with Crippen molar-refractivity contribution in [3.8, 4) is 17.3 Å². The van der Waals surface area contributed by atoms with Crippen molar-refractivity contribution >= 4 is 5.91 Å². The summed E-state index contributed by atoms with van der Waals surface area (Å²) in [7, 11) is 1.34. The van der Waals surface area contributed by atoms with E-state index in [9.17, 15) is 9.18 Å². The summed E-state index contributed by atoms with van der Waals surface area (Å²) in [5.41, 5.74) is 3.04. The summed E-state index contributed by atoms with van der Waals surface area (Å²) in [6.45, 7) is 5.12. The quantitative estimate of drug-likeness (QED) is 0.722. The van der Waals surface area contributed by atoms with Crippen LogP contribution in [-0.4, -0.2) is 32.8 Å². The van der Waals surface area contributed by atoms with E-state index in [4.69, 9.17) is 4.74 Å². The number of hydrogen-bond acceptors (Lipinski definition) is 5. The largest absolute Gasteiger partial charge is 0.479 e. The minimum Gasteiger partial charge on any atom is -0.479 e. The summed E-state index contributed by atoms with van der Waals surface area (Å²) in [6, 6.07) is 6.77. The number of carbonyl (C=O) groups excluding carboxylic acids is 1. The molecule has 0 spiro atoms. The number of halogens is 1. The zero-order valence-electron chi connectivity index (χ0n) is 15.4. The Labute approximate surface area is 156 Å². The van der Waals surface area contributed by atoms with E-state index in [1.807, 2.05) is 24.7 Å². The molecule has 8 heteroatoms. The molecule has 3 aromatic rings. The highest BCUT2D eigenvalue weighted by Crippen LogP contribution is 2.20. The lowest BCUT2D eigenvalue weighted by Gasteiger charge is -2.06. The average Bonchev–Trinajstić information content (AvgIpc) is 3.06. The third kappa shape index (κ3) is 4.11. The second-order valence-corrected chi connectivity index (χ2v) is 5.91. The summed E-state index contributed by atoms with van der Waals surface area (Å²) in [5.74, 6) is -0.616. The number of ether oxygens (including phenoxy) is 1. The molecule has 0 fully saturated rings. The Morgan fingerprint density at radius 1 is 1.30 bits per heavy atom. The van der Waals surface area contributed by atoms with Crippen LogP contribution in [-0.2, 0) is 13.1 Å². The standard InChI is InChI=1S/C19H20FN5O2/c1-4-25-11-15(12(2)24-25)9-22-18(26)14-7-5-13(6-8-14)17-21-10-16(20)19(23-17)27-3/h5-8,10-11H,4,9H2,1-3H3,(H,22,26). The average molecular weight is 369 g/mol. The van der Waals surface area contributed by atoms with Crippen molar-refractivity contribution in [2.75, 3.05) is 7.11 Å². The number of methoxy groups -OCH3 is 1. The first-order valence-corrected chi connectivity index (χ1v) is 8.50. The highest BCUT2D eigenvalue weighted by atomic mass is 19.1. The van der Waals surface area contributed by atoms with Gasteiger partial charge in [0.15, 0.2) is 5.82 Å². The highest BCUT2D eigenvalue weighted by molar-refractivity contribution is 5.94. The maximum absolute atomic E-state index is 13.4. The third-order valence-electron chi connectivity index (χ3n) is 4.12. The molecule has 1 N–H and O–H groups in total. The second kappa shape index (κ2) is 7.94. The van der Waals surface area contributed by atoms with Crippen LogP contribution in [0.2, 0.25) is 0 Å². The lowest BCUT2D eigenvalue weighted by molar-refractivity contribution is 0.0951. The molecule has 7 nitrogen and oxygen atoms in total. The van der Waals surface area contributed by atoms with Crippen molar-refractivity contribution in [2.24, 2.45) is 0 Å². The van der Waals surface area contributed by atoms with Crippen molar-refractivity contribution in [3.05, 3.63) is 59.3 Å². The first kappa shape index (κ1) is 18.5. The normalized spacial score (nSPS) is 10.7. The topological polar surface area (TPSA) is 81.9 Å². The number of rotatable bonds is 6. The fourth-order valence-corrected chi connectivity index (χ4v) is 2.58. The Bertz CT molecular complexity index is 953. The molecule has 140 valence electrons. The molecule has 1 amide bonds. The van der Waals surface area contributed by atoms with Crippen LogP contribution in [0.15, 0.2) is 36.7 Å². The first-order valence-electron chi connectivity index (χ1n) is 8.50. The van der Waals surface area contributed by atoms with E-state index in [1.165, 1.54) is 7.11 Å². The minimum atomic E-state index is -0.626. The fraction of sp³-hybridized carbons (Fsp3) is 0.263. The number of aryl methyl sites for hydroxylation is 2. The van der Waals surface area contributed by atoms with Gasteiger partial charge in [0.1, 0.15) is 0 Å². The van der Waals surface area contributed by atoms with Crippen LogP contribution in [0, 0.1) is 12.7 Å². The Hall–Kier alpha value is -3.29. The predicted molar refractivity (Wildman–Crippen MR) is 97.8 cm³/mol. The van der Waals surface area contributed by atoms with Crippen LogP contribution in [0.25, 0.3) is 11.4 Å². The molecule has 0 aliphatic rings. The zero-order chi connectivity index (χ0) is 19.4. The lowest BCUT2D eigenvalue weighted by Crippen LogP contribution is -2.22. The molecule has 3 rings (SSSR count). The van der Waals surface area contributed by atoms with Crippen molar-refractivity contribution in [2.45, 2.75) is 26.9 Å². The van der Waals surface area contributed by atoms with Gasteiger partial charge in [-0.3, -0.25) is 9.48 Å². The van der Waals surface area contributed by atoms with E-state index in [2.05, 4.69) is 20.4 Å². The van der Waals surface area contributed by atoms with Crippen molar-refractivity contribution in [1.82, 2.24) is 25.1 Å². The predicted octanol–water partition coefficient (Wildman–Crippen LogP) is 2.75. The van der Waals surface area contributed by atoms with E-state index >= 15 is 0 Å². The van der Waals surface area contributed by atoms with E-state index in [1.54, 1.807) is 24.3 Å². The van der Waals surface area contributed by atoms with E-state index in [0.717, 1.165) is 24.0 Å². The second-order valence-electron chi connectivity index (χ2n) is 5.91. The SMILES string of the molecule is CCn1cc(CNC(=O)c2ccc(-c3ncc(F)c(OC)n3)cc2)c(C)n1. The molecule has 0 aliphatic carbocycles. The number of carbonyl (C=O) groups is 1. The molecular weight excluding hydrogens is 349 g/mol. The van der Waals surface area contributed by atoms with Crippen LogP contribution in [0.1, 0.15) is 28.5 Å². The van der Waals surface area contributed by atoms with Crippen LogP contribution in [0.5, 0.6) is 5.88 Å². The van der Waals surface area contributed by atoms with Gasteiger partial charge < -0.3 is 10.1 Å². The van der Waals surface area contributed by atoms with Gasteiger partial charge in [-0.1, -0.05) is 12.1 Å². The van der Waals surface area contributed by atoms with Gasteiger partial charge >= 0.3 is 0 Å². The maximum atomic E-state index is 13.4. The smallest absolute Gasteiger partial charge is 0.253 e. The summed E-state index contributed by atoms with van der Waals surface area (Å²) in [4.78, 5) is 20.3.